The van der Waals surface area contributed by atoms with Gasteiger partial charge in [0, 0.05) is 20.2 Å². The van der Waals surface area contributed by atoms with E-state index in [0.717, 1.165) is 12.5 Å². The fourth-order valence-corrected chi connectivity index (χ4v) is 0.974. The molecule has 0 aromatic rings. The molecule has 0 aromatic heterocycles. The molecule has 0 aliphatic carbocycles. The van der Waals surface area contributed by atoms with E-state index in [-0.39, 0.29) is 29.2 Å². The van der Waals surface area contributed by atoms with Crippen LogP contribution in [0.25, 0.3) is 0 Å². The van der Waals surface area contributed by atoms with E-state index in [9.17, 15) is 0 Å². The molecule has 0 fully saturated rings. The summed E-state index contributed by atoms with van der Waals surface area (Å²) in [5, 5.41) is 15.2. The highest BCUT2D eigenvalue weighted by Crippen LogP contribution is 1.90. The average Bonchev–Trinajstić information content (AvgIpc) is 2.16. The number of nitrogens with one attached hydrogen (secondary N) is 2. The number of nitrogens with zero attached hydrogens (tertiary/aromatic N) is 1. The van der Waals surface area contributed by atoms with E-state index in [1.165, 1.54) is 0 Å². The highest BCUT2D eigenvalue weighted by molar-refractivity contribution is 8.93. The van der Waals surface area contributed by atoms with Gasteiger partial charge in [-0.2, -0.15) is 0 Å². The molecular weight excluding hydrogens is 250 g/mol. The van der Waals surface area contributed by atoms with Crippen molar-refractivity contribution in [3.8, 4) is 0 Å². The summed E-state index contributed by atoms with van der Waals surface area (Å²) in [4.78, 5) is 4.11. The van der Waals surface area contributed by atoms with Crippen molar-refractivity contribution in [3.63, 3.8) is 0 Å². The van der Waals surface area contributed by atoms with Crippen LogP contribution in [0.3, 0.4) is 0 Å². The largest absolute Gasteiger partial charge is 0.389 e. The first-order valence-corrected chi connectivity index (χ1v) is 4.45. The zero-order valence-electron chi connectivity index (χ0n) is 8.49. The molecule has 0 saturated heterocycles. The SMILES string of the molecule is Br.COC(C)CNC1=NCC(O)CN1. The molecule has 0 amide bonds. The number of hydrogen-bond donors (Lipinski definition) is 3. The van der Waals surface area contributed by atoms with Crippen LogP contribution in [0.2, 0.25) is 0 Å². The quantitative estimate of drug-likeness (QED) is 0.646. The van der Waals surface area contributed by atoms with E-state index < -0.39 is 0 Å². The summed E-state index contributed by atoms with van der Waals surface area (Å²) in [5.74, 6) is 0.745. The molecule has 0 radical (unpaired) electrons. The molecular formula is C8H18BrN3O2. The first-order chi connectivity index (χ1) is 6.22. The Kier molecular flexibility index (Phi) is 6.86. The third kappa shape index (κ3) is 4.78. The minimum Gasteiger partial charge on any atom is -0.389 e. The van der Waals surface area contributed by atoms with Crippen molar-refractivity contribution in [3.05, 3.63) is 0 Å². The van der Waals surface area contributed by atoms with Crippen LogP contribution in [0.1, 0.15) is 6.92 Å². The van der Waals surface area contributed by atoms with E-state index in [1.54, 1.807) is 7.11 Å². The van der Waals surface area contributed by atoms with Crippen LogP contribution >= 0.6 is 17.0 Å². The second-order valence-corrected chi connectivity index (χ2v) is 3.15. The maximum atomic E-state index is 9.13. The summed E-state index contributed by atoms with van der Waals surface area (Å²) in [6.07, 6.45) is -0.193. The minimum atomic E-state index is -0.356. The summed E-state index contributed by atoms with van der Waals surface area (Å²) >= 11 is 0. The van der Waals surface area contributed by atoms with Gasteiger partial charge in [-0.15, -0.1) is 17.0 Å². The van der Waals surface area contributed by atoms with Gasteiger partial charge in [0.05, 0.1) is 18.8 Å². The lowest BCUT2D eigenvalue weighted by atomic mass is 10.3. The summed E-state index contributed by atoms with van der Waals surface area (Å²) in [5.41, 5.74) is 0. The molecule has 0 bridgehead atoms. The molecule has 14 heavy (non-hydrogen) atoms. The summed E-state index contributed by atoms with van der Waals surface area (Å²) in [6, 6.07) is 0. The number of hydrogen-bond acceptors (Lipinski definition) is 5. The Balaban J connectivity index is 0.00000169. The zero-order valence-corrected chi connectivity index (χ0v) is 10.2. The van der Waals surface area contributed by atoms with Crippen molar-refractivity contribution in [1.82, 2.24) is 10.6 Å². The lowest BCUT2D eigenvalue weighted by molar-refractivity contribution is 0.121. The predicted molar refractivity (Wildman–Crippen MR) is 61.1 cm³/mol. The van der Waals surface area contributed by atoms with Crippen molar-refractivity contribution in [2.45, 2.75) is 19.1 Å². The fraction of sp³-hybridized carbons (Fsp3) is 0.875. The third-order valence-corrected chi connectivity index (χ3v) is 1.92. The van der Waals surface area contributed by atoms with Gasteiger partial charge >= 0.3 is 0 Å². The topological polar surface area (TPSA) is 65.9 Å². The van der Waals surface area contributed by atoms with E-state index in [1.807, 2.05) is 6.92 Å². The number of aliphatic hydroxyl groups excluding tert-OH is 1. The van der Waals surface area contributed by atoms with Crippen LogP contribution in [0.5, 0.6) is 0 Å². The van der Waals surface area contributed by atoms with Gasteiger partial charge in [-0.1, -0.05) is 0 Å². The van der Waals surface area contributed by atoms with Crippen LogP contribution in [0.15, 0.2) is 4.99 Å². The first kappa shape index (κ1) is 13.7. The van der Waals surface area contributed by atoms with Gasteiger partial charge in [0.15, 0.2) is 5.96 Å². The molecule has 2 atom stereocenters. The summed E-state index contributed by atoms with van der Waals surface area (Å²) < 4.78 is 5.07. The van der Waals surface area contributed by atoms with Crippen LogP contribution in [0.4, 0.5) is 0 Å². The molecule has 0 aromatic carbocycles. The highest BCUT2D eigenvalue weighted by atomic mass is 79.9. The Hall–Kier alpha value is -0.330. The average molecular weight is 268 g/mol. The van der Waals surface area contributed by atoms with E-state index in [0.29, 0.717) is 13.1 Å². The number of guanidine groups is 1. The van der Waals surface area contributed by atoms with Gasteiger partial charge in [0.2, 0.25) is 0 Å². The Morgan fingerprint density at radius 2 is 2.50 bits per heavy atom. The molecule has 1 aliphatic heterocycles. The molecule has 1 heterocycles. The second-order valence-electron chi connectivity index (χ2n) is 3.15. The standard InChI is InChI=1S/C8H17N3O2.BrH/c1-6(13-2)3-9-8-10-4-7(12)5-11-8;/h6-7,12H,3-5H2,1-2H3,(H2,9,10,11);1H. The van der Waals surface area contributed by atoms with Crippen molar-refractivity contribution in [2.24, 2.45) is 4.99 Å². The number of methoxy groups -OCH3 is 1. The molecule has 6 heteroatoms. The van der Waals surface area contributed by atoms with Crippen molar-refractivity contribution < 1.29 is 9.84 Å². The lowest BCUT2D eigenvalue weighted by Crippen LogP contribution is -2.47. The van der Waals surface area contributed by atoms with Crippen molar-refractivity contribution >= 4 is 22.9 Å². The van der Waals surface area contributed by atoms with Gasteiger partial charge < -0.3 is 20.5 Å². The van der Waals surface area contributed by atoms with E-state index in [2.05, 4.69) is 15.6 Å². The molecule has 1 aliphatic rings. The van der Waals surface area contributed by atoms with Crippen LogP contribution in [-0.4, -0.2) is 50.0 Å². The zero-order chi connectivity index (χ0) is 9.68. The van der Waals surface area contributed by atoms with Crippen molar-refractivity contribution in [2.75, 3.05) is 26.7 Å². The number of rotatable bonds is 3. The predicted octanol–water partition coefficient (Wildman–Crippen LogP) is -0.491. The Morgan fingerprint density at radius 1 is 1.79 bits per heavy atom. The fourth-order valence-electron chi connectivity index (χ4n) is 0.974. The van der Waals surface area contributed by atoms with Gasteiger partial charge in [-0.05, 0) is 6.92 Å². The normalized spacial score (nSPS) is 22.8. The van der Waals surface area contributed by atoms with Crippen molar-refractivity contribution in [1.29, 1.82) is 0 Å². The molecule has 3 N–H and O–H groups in total. The minimum absolute atomic E-state index is 0. The molecule has 84 valence electrons. The Labute approximate surface area is 94.7 Å². The number of β-amino-alcohol motifs (C(OH)–C–C–N with tert-alkyl or cyclic N) is 1. The second kappa shape index (κ2) is 7.03. The summed E-state index contributed by atoms with van der Waals surface area (Å²) in [6.45, 7) is 3.73. The molecule has 2 unspecified atom stereocenters. The number of aliphatic imine (C=N–C) groups is 1. The number of ether oxygens (including phenoxy) is 1. The molecule has 5 nitrogen and oxygen atoms in total. The number of halogens is 1. The maximum Gasteiger partial charge on any atom is 0.191 e. The van der Waals surface area contributed by atoms with Crippen LogP contribution < -0.4 is 10.6 Å². The smallest absolute Gasteiger partial charge is 0.191 e. The van der Waals surface area contributed by atoms with Gasteiger partial charge in [-0.25, -0.2) is 0 Å². The first-order valence-electron chi connectivity index (χ1n) is 4.45. The monoisotopic (exact) mass is 267 g/mol. The molecule has 0 saturated carbocycles. The van der Waals surface area contributed by atoms with Gasteiger partial charge in [0.25, 0.3) is 0 Å². The van der Waals surface area contributed by atoms with E-state index >= 15 is 0 Å². The van der Waals surface area contributed by atoms with Gasteiger partial charge in [-0.3, -0.25) is 4.99 Å². The molecule has 1 rings (SSSR count). The summed E-state index contributed by atoms with van der Waals surface area (Å²) in [7, 11) is 1.67. The Bertz CT molecular complexity index is 189. The lowest BCUT2D eigenvalue weighted by Gasteiger charge is -2.21. The maximum absolute atomic E-state index is 9.13. The van der Waals surface area contributed by atoms with Crippen LogP contribution in [-0.2, 0) is 4.74 Å². The highest BCUT2D eigenvalue weighted by Gasteiger charge is 2.11. The third-order valence-electron chi connectivity index (χ3n) is 1.92. The molecule has 0 spiro atoms. The number of aliphatic hydroxyl groups is 1. The Morgan fingerprint density at radius 3 is 3.00 bits per heavy atom. The van der Waals surface area contributed by atoms with Crippen LogP contribution in [0, 0.1) is 0 Å². The van der Waals surface area contributed by atoms with Gasteiger partial charge in [0.1, 0.15) is 0 Å². The van der Waals surface area contributed by atoms with E-state index in [4.69, 9.17) is 9.84 Å².